The van der Waals surface area contributed by atoms with Crippen molar-refractivity contribution in [3.05, 3.63) is 0 Å². The molecular weight excluding hydrogens is 278 g/mol. The number of hydrogen-bond acceptors (Lipinski definition) is 4. The highest BCUT2D eigenvalue weighted by molar-refractivity contribution is 5.68. The van der Waals surface area contributed by atoms with Gasteiger partial charge in [-0.15, -0.1) is 0 Å². The summed E-state index contributed by atoms with van der Waals surface area (Å²) in [6, 6.07) is 0.740. The standard InChI is InChI=1S/C17H31N3O2/c1-17(2,3)22-16(21)20-11-13-9-15(10-14(13)12-20)19-7-5-18(4)6-8-19/h13-15H,5-12H2,1-4H3/t13-,14+,15?. The van der Waals surface area contributed by atoms with Gasteiger partial charge in [-0.1, -0.05) is 0 Å². The van der Waals surface area contributed by atoms with Crippen LogP contribution in [-0.4, -0.2) is 78.8 Å². The molecule has 3 atom stereocenters. The van der Waals surface area contributed by atoms with Gasteiger partial charge in [-0.05, 0) is 52.5 Å². The Kier molecular flexibility index (Phi) is 4.38. The van der Waals surface area contributed by atoms with Crippen LogP contribution < -0.4 is 0 Å². The maximum absolute atomic E-state index is 12.2. The van der Waals surface area contributed by atoms with Gasteiger partial charge in [0.15, 0.2) is 0 Å². The summed E-state index contributed by atoms with van der Waals surface area (Å²) in [4.78, 5) is 19.2. The minimum absolute atomic E-state index is 0.127. The number of nitrogens with zero attached hydrogens (tertiary/aromatic N) is 3. The van der Waals surface area contributed by atoms with Gasteiger partial charge in [0.25, 0.3) is 0 Å². The maximum Gasteiger partial charge on any atom is 0.410 e. The van der Waals surface area contributed by atoms with Crippen molar-refractivity contribution in [2.24, 2.45) is 11.8 Å². The van der Waals surface area contributed by atoms with Crippen molar-refractivity contribution in [2.75, 3.05) is 46.3 Å². The van der Waals surface area contributed by atoms with Gasteiger partial charge in [0.05, 0.1) is 0 Å². The van der Waals surface area contributed by atoms with Crippen molar-refractivity contribution in [3.8, 4) is 0 Å². The fourth-order valence-corrected chi connectivity index (χ4v) is 4.23. The van der Waals surface area contributed by atoms with Gasteiger partial charge in [0.1, 0.15) is 5.60 Å². The van der Waals surface area contributed by atoms with Gasteiger partial charge in [0.2, 0.25) is 0 Å². The first-order chi connectivity index (χ1) is 10.3. The third kappa shape index (κ3) is 3.57. The van der Waals surface area contributed by atoms with Crippen molar-refractivity contribution >= 4 is 6.09 Å². The minimum Gasteiger partial charge on any atom is -0.444 e. The number of ether oxygens (including phenoxy) is 1. The van der Waals surface area contributed by atoms with E-state index >= 15 is 0 Å². The number of hydrogen-bond donors (Lipinski definition) is 0. The van der Waals surface area contributed by atoms with E-state index in [1.807, 2.05) is 25.7 Å². The van der Waals surface area contributed by atoms with Gasteiger partial charge in [-0.25, -0.2) is 4.79 Å². The van der Waals surface area contributed by atoms with E-state index in [2.05, 4.69) is 16.8 Å². The van der Waals surface area contributed by atoms with Crippen LogP contribution in [0, 0.1) is 11.8 Å². The second kappa shape index (κ2) is 6.00. The molecule has 126 valence electrons. The second-order valence-electron chi connectivity index (χ2n) is 8.37. The number of carbonyl (C=O) groups is 1. The topological polar surface area (TPSA) is 36.0 Å². The molecule has 22 heavy (non-hydrogen) atoms. The van der Waals surface area contributed by atoms with Crippen LogP contribution in [0.1, 0.15) is 33.6 Å². The molecule has 0 aromatic rings. The fourth-order valence-electron chi connectivity index (χ4n) is 4.23. The summed E-state index contributed by atoms with van der Waals surface area (Å²) in [5.41, 5.74) is -0.392. The molecule has 1 unspecified atom stereocenters. The summed E-state index contributed by atoms with van der Waals surface area (Å²) >= 11 is 0. The predicted octanol–water partition coefficient (Wildman–Crippen LogP) is 1.88. The lowest BCUT2D eigenvalue weighted by Gasteiger charge is -2.37. The molecule has 0 N–H and O–H groups in total. The monoisotopic (exact) mass is 309 g/mol. The molecule has 1 amide bonds. The minimum atomic E-state index is -0.392. The average Bonchev–Trinajstić information content (AvgIpc) is 2.95. The van der Waals surface area contributed by atoms with Crippen LogP contribution in [-0.2, 0) is 4.74 Å². The molecule has 0 spiro atoms. The van der Waals surface area contributed by atoms with E-state index in [0.717, 1.165) is 19.1 Å². The van der Waals surface area contributed by atoms with Gasteiger partial charge in [-0.3, -0.25) is 4.90 Å². The zero-order valence-corrected chi connectivity index (χ0v) is 14.5. The number of carbonyl (C=O) groups excluding carboxylic acids is 1. The van der Waals surface area contributed by atoms with Gasteiger partial charge in [0, 0.05) is 45.3 Å². The van der Waals surface area contributed by atoms with E-state index in [1.54, 1.807) is 0 Å². The lowest BCUT2D eigenvalue weighted by molar-refractivity contribution is 0.0270. The molecule has 3 rings (SSSR count). The molecule has 3 fully saturated rings. The van der Waals surface area contributed by atoms with Crippen LogP contribution in [0.2, 0.25) is 0 Å². The Hall–Kier alpha value is -0.810. The van der Waals surface area contributed by atoms with Crippen molar-refractivity contribution in [1.29, 1.82) is 0 Å². The average molecular weight is 309 g/mol. The highest BCUT2D eigenvalue weighted by Gasteiger charge is 2.45. The number of fused-ring (bicyclic) bond motifs is 1. The molecule has 2 heterocycles. The smallest absolute Gasteiger partial charge is 0.410 e. The molecule has 1 aliphatic carbocycles. The molecule has 5 heteroatoms. The van der Waals surface area contributed by atoms with Crippen LogP contribution in [0.4, 0.5) is 4.79 Å². The first kappa shape index (κ1) is 16.1. The molecule has 0 radical (unpaired) electrons. The van der Waals surface area contributed by atoms with Crippen LogP contribution >= 0.6 is 0 Å². The summed E-state index contributed by atoms with van der Waals surface area (Å²) in [5.74, 6) is 1.36. The van der Waals surface area contributed by atoms with E-state index in [-0.39, 0.29) is 6.09 Å². The Labute approximate surface area is 134 Å². The Balaban J connectivity index is 1.49. The lowest BCUT2D eigenvalue weighted by Crippen LogP contribution is -2.48. The molecule has 0 aromatic heterocycles. The summed E-state index contributed by atoms with van der Waals surface area (Å²) in [6.07, 6.45) is 2.39. The van der Waals surface area contributed by atoms with Crippen LogP contribution in [0.25, 0.3) is 0 Å². The summed E-state index contributed by atoms with van der Waals surface area (Å²) < 4.78 is 5.51. The number of likely N-dealkylation sites (tertiary alicyclic amines) is 1. The van der Waals surface area contributed by atoms with Crippen molar-refractivity contribution in [3.63, 3.8) is 0 Å². The third-order valence-corrected chi connectivity index (χ3v) is 5.43. The Morgan fingerprint density at radius 2 is 1.55 bits per heavy atom. The number of amides is 1. The Morgan fingerprint density at radius 3 is 2.05 bits per heavy atom. The SMILES string of the molecule is CN1CCN(C2C[C@@H]3CN(C(=O)OC(C)(C)C)C[C@@H]3C2)CC1. The largest absolute Gasteiger partial charge is 0.444 e. The highest BCUT2D eigenvalue weighted by Crippen LogP contribution is 2.40. The highest BCUT2D eigenvalue weighted by atomic mass is 16.6. The number of piperazine rings is 1. The maximum atomic E-state index is 12.2. The molecule has 3 aliphatic rings. The summed E-state index contributed by atoms with van der Waals surface area (Å²) in [6.45, 7) is 12.4. The van der Waals surface area contributed by atoms with E-state index in [4.69, 9.17) is 4.74 Å². The molecule has 0 aromatic carbocycles. The summed E-state index contributed by atoms with van der Waals surface area (Å²) in [7, 11) is 2.21. The van der Waals surface area contributed by atoms with Crippen LogP contribution in [0.15, 0.2) is 0 Å². The van der Waals surface area contributed by atoms with Gasteiger partial charge in [-0.2, -0.15) is 0 Å². The van der Waals surface area contributed by atoms with Crippen molar-refractivity contribution < 1.29 is 9.53 Å². The van der Waals surface area contributed by atoms with E-state index in [9.17, 15) is 4.79 Å². The molecule has 2 aliphatic heterocycles. The normalized spacial score (nSPS) is 34.0. The molecule has 1 saturated carbocycles. The van der Waals surface area contributed by atoms with Crippen LogP contribution in [0.5, 0.6) is 0 Å². The van der Waals surface area contributed by atoms with E-state index in [0.29, 0.717) is 11.8 Å². The first-order valence-electron chi connectivity index (χ1n) is 8.72. The van der Waals surface area contributed by atoms with Crippen molar-refractivity contribution in [1.82, 2.24) is 14.7 Å². The second-order valence-corrected chi connectivity index (χ2v) is 8.37. The van der Waals surface area contributed by atoms with Gasteiger partial charge >= 0.3 is 6.09 Å². The Morgan fingerprint density at radius 1 is 1.00 bits per heavy atom. The molecule has 0 bridgehead atoms. The third-order valence-electron chi connectivity index (χ3n) is 5.43. The van der Waals surface area contributed by atoms with E-state index < -0.39 is 5.60 Å². The zero-order valence-electron chi connectivity index (χ0n) is 14.5. The van der Waals surface area contributed by atoms with Crippen molar-refractivity contribution in [2.45, 2.75) is 45.3 Å². The predicted molar refractivity (Wildman–Crippen MR) is 86.9 cm³/mol. The summed E-state index contributed by atoms with van der Waals surface area (Å²) in [5, 5.41) is 0. The fraction of sp³-hybridized carbons (Fsp3) is 0.941. The van der Waals surface area contributed by atoms with Crippen LogP contribution in [0.3, 0.4) is 0 Å². The molecule has 2 saturated heterocycles. The first-order valence-corrected chi connectivity index (χ1v) is 8.72. The number of likely N-dealkylation sites (N-methyl/N-ethyl adjacent to an activating group) is 1. The zero-order chi connectivity index (χ0) is 15.9. The lowest BCUT2D eigenvalue weighted by atomic mass is 10.0. The van der Waals surface area contributed by atoms with E-state index in [1.165, 1.54) is 39.0 Å². The number of rotatable bonds is 1. The van der Waals surface area contributed by atoms with Gasteiger partial charge < -0.3 is 14.5 Å². The molecule has 5 nitrogen and oxygen atoms in total. The quantitative estimate of drug-likeness (QED) is 0.741. The molecular formula is C17H31N3O2. The Bertz CT molecular complexity index is 399.